The normalized spacial score (nSPS) is 11.6. The maximum Gasteiger partial charge on any atom is 0.337 e. The van der Waals surface area contributed by atoms with Crippen LogP contribution in [0, 0.1) is 0 Å². The van der Waals surface area contributed by atoms with Crippen LogP contribution in [-0.4, -0.2) is 11.1 Å². The van der Waals surface area contributed by atoms with Crippen molar-refractivity contribution < 1.29 is 9.90 Å². The minimum absolute atomic E-state index is 0.245. The third-order valence-electron chi connectivity index (χ3n) is 2.25. The van der Waals surface area contributed by atoms with Crippen LogP contribution in [0.25, 0.3) is 11.6 Å². The number of aliphatic carboxylic acids is 1. The summed E-state index contributed by atoms with van der Waals surface area (Å²) in [4.78, 5) is 11.9. The number of thiophene rings is 1. The molecule has 2 rings (SSSR count). The predicted octanol–water partition coefficient (Wildman–Crippen LogP) is 4.79. The average Bonchev–Trinajstić information content (AvgIpc) is 2.74. The summed E-state index contributed by atoms with van der Waals surface area (Å²) < 4.78 is 1.53. The van der Waals surface area contributed by atoms with E-state index in [0.717, 1.165) is 10.0 Å². The Morgan fingerprint density at radius 1 is 1.22 bits per heavy atom. The largest absolute Gasteiger partial charge is 0.478 e. The Kier molecular flexibility index (Phi) is 4.22. The quantitative estimate of drug-likeness (QED) is 0.814. The maximum absolute atomic E-state index is 11.3. The van der Waals surface area contributed by atoms with E-state index in [2.05, 4.69) is 15.9 Å². The number of halogens is 2. The monoisotopic (exact) mass is 342 g/mol. The molecule has 1 aromatic carbocycles. The molecule has 92 valence electrons. The smallest absolute Gasteiger partial charge is 0.337 e. The van der Waals surface area contributed by atoms with Crippen LogP contribution >= 0.6 is 38.9 Å². The highest BCUT2D eigenvalue weighted by molar-refractivity contribution is 9.10. The van der Waals surface area contributed by atoms with Crippen molar-refractivity contribution in [2.45, 2.75) is 0 Å². The average molecular weight is 344 g/mol. The Balaban J connectivity index is 2.42. The lowest BCUT2D eigenvalue weighted by Crippen LogP contribution is -1.97. The molecule has 2 aromatic rings. The van der Waals surface area contributed by atoms with E-state index in [1.807, 2.05) is 24.3 Å². The minimum Gasteiger partial charge on any atom is -0.478 e. The number of carbonyl (C=O) groups is 1. The van der Waals surface area contributed by atoms with Crippen molar-refractivity contribution >= 4 is 56.5 Å². The van der Waals surface area contributed by atoms with E-state index in [1.54, 1.807) is 18.2 Å². The van der Waals surface area contributed by atoms with Gasteiger partial charge in [-0.25, -0.2) is 4.79 Å². The van der Waals surface area contributed by atoms with Gasteiger partial charge in [0.05, 0.1) is 9.91 Å². The van der Waals surface area contributed by atoms with E-state index >= 15 is 0 Å². The summed E-state index contributed by atoms with van der Waals surface area (Å²) in [5.41, 5.74) is 1.08. The van der Waals surface area contributed by atoms with Crippen LogP contribution in [-0.2, 0) is 4.79 Å². The lowest BCUT2D eigenvalue weighted by atomic mass is 10.1. The topological polar surface area (TPSA) is 37.3 Å². The summed E-state index contributed by atoms with van der Waals surface area (Å²) in [7, 11) is 0. The summed E-state index contributed by atoms with van der Waals surface area (Å²) in [6, 6.07) is 10.8. The molecule has 1 N–H and O–H groups in total. The minimum atomic E-state index is -0.962. The van der Waals surface area contributed by atoms with Crippen LogP contribution in [0.5, 0.6) is 0 Å². The predicted molar refractivity (Wildman–Crippen MR) is 79.0 cm³/mol. The van der Waals surface area contributed by atoms with Crippen molar-refractivity contribution in [2.75, 3.05) is 0 Å². The Morgan fingerprint density at radius 3 is 2.39 bits per heavy atom. The number of hydrogen-bond acceptors (Lipinski definition) is 2. The zero-order chi connectivity index (χ0) is 13.1. The number of benzene rings is 1. The number of hydrogen-bond donors (Lipinski definition) is 1. The SMILES string of the molecule is O=C(O)/C(=C\c1ccc(Br)cc1)c1ccc(Cl)s1. The van der Waals surface area contributed by atoms with Gasteiger partial charge in [0.15, 0.2) is 0 Å². The van der Waals surface area contributed by atoms with Crippen LogP contribution in [0.2, 0.25) is 4.34 Å². The highest BCUT2D eigenvalue weighted by Crippen LogP contribution is 2.29. The summed E-state index contributed by atoms with van der Waals surface area (Å²) in [5, 5.41) is 9.24. The standard InChI is InChI=1S/C13H8BrClO2S/c14-9-3-1-8(2-4-9)7-10(13(16)17)11-5-6-12(15)18-11/h1-7H,(H,16,17)/b10-7-. The Bertz CT molecular complexity index is 602. The van der Waals surface area contributed by atoms with Crippen LogP contribution < -0.4 is 0 Å². The summed E-state index contributed by atoms with van der Waals surface area (Å²) in [6.45, 7) is 0. The molecule has 0 aliphatic carbocycles. The van der Waals surface area contributed by atoms with E-state index in [-0.39, 0.29) is 5.57 Å². The van der Waals surface area contributed by atoms with E-state index < -0.39 is 5.97 Å². The van der Waals surface area contributed by atoms with Crippen molar-refractivity contribution in [1.82, 2.24) is 0 Å². The van der Waals surface area contributed by atoms with Crippen molar-refractivity contribution in [3.05, 3.63) is 55.6 Å². The maximum atomic E-state index is 11.3. The van der Waals surface area contributed by atoms with Crippen molar-refractivity contribution in [1.29, 1.82) is 0 Å². The van der Waals surface area contributed by atoms with Gasteiger partial charge in [-0.05, 0) is 35.9 Å². The van der Waals surface area contributed by atoms with Gasteiger partial charge in [0.2, 0.25) is 0 Å². The lowest BCUT2D eigenvalue weighted by molar-refractivity contribution is -0.130. The highest BCUT2D eigenvalue weighted by atomic mass is 79.9. The molecule has 2 nitrogen and oxygen atoms in total. The second-order valence-electron chi connectivity index (χ2n) is 3.52. The fourth-order valence-corrected chi connectivity index (χ4v) is 2.74. The number of rotatable bonds is 3. The lowest BCUT2D eigenvalue weighted by Gasteiger charge is -2.00. The van der Waals surface area contributed by atoms with Gasteiger partial charge in [0.1, 0.15) is 0 Å². The summed E-state index contributed by atoms with van der Waals surface area (Å²) >= 11 is 10.4. The Labute approximate surface area is 122 Å². The Hall–Kier alpha value is -1.10. The second-order valence-corrected chi connectivity index (χ2v) is 6.15. The van der Waals surface area contributed by atoms with E-state index in [9.17, 15) is 9.90 Å². The molecule has 18 heavy (non-hydrogen) atoms. The molecule has 0 atom stereocenters. The first-order valence-corrected chi connectivity index (χ1v) is 7.01. The van der Waals surface area contributed by atoms with Gasteiger partial charge in [-0.2, -0.15) is 0 Å². The van der Waals surface area contributed by atoms with Gasteiger partial charge >= 0.3 is 5.97 Å². The molecule has 0 spiro atoms. The third kappa shape index (κ3) is 3.22. The van der Waals surface area contributed by atoms with Gasteiger partial charge in [0.25, 0.3) is 0 Å². The van der Waals surface area contributed by atoms with Crippen molar-refractivity contribution in [3.8, 4) is 0 Å². The van der Waals surface area contributed by atoms with Crippen LogP contribution in [0.1, 0.15) is 10.4 Å². The molecule has 0 unspecified atom stereocenters. The molecule has 1 aromatic heterocycles. The van der Waals surface area contributed by atoms with E-state index in [1.165, 1.54) is 11.3 Å². The fourth-order valence-electron chi connectivity index (χ4n) is 1.42. The molecule has 0 bridgehead atoms. The van der Waals surface area contributed by atoms with Gasteiger partial charge in [-0.1, -0.05) is 39.7 Å². The van der Waals surface area contributed by atoms with Crippen LogP contribution in [0.15, 0.2) is 40.9 Å². The highest BCUT2D eigenvalue weighted by Gasteiger charge is 2.12. The van der Waals surface area contributed by atoms with Gasteiger partial charge in [-0.3, -0.25) is 0 Å². The summed E-state index contributed by atoms with van der Waals surface area (Å²) in [5.74, 6) is -0.962. The molecular formula is C13H8BrClO2S. The van der Waals surface area contributed by atoms with Gasteiger partial charge in [0, 0.05) is 9.35 Å². The molecule has 0 saturated carbocycles. The molecule has 0 aliphatic heterocycles. The van der Waals surface area contributed by atoms with Crippen LogP contribution in [0.3, 0.4) is 0 Å². The first kappa shape index (κ1) is 13.3. The molecule has 0 radical (unpaired) electrons. The summed E-state index contributed by atoms with van der Waals surface area (Å²) in [6.07, 6.45) is 1.64. The number of carboxylic acids is 1. The molecule has 5 heteroatoms. The van der Waals surface area contributed by atoms with Crippen LogP contribution in [0.4, 0.5) is 0 Å². The molecule has 0 aliphatic rings. The van der Waals surface area contributed by atoms with Crippen molar-refractivity contribution in [2.24, 2.45) is 0 Å². The molecule has 0 amide bonds. The molecule has 0 saturated heterocycles. The molecule has 0 fully saturated rings. The first-order chi connectivity index (χ1) is 8.56. The van der Waals surface area contributed by atoms with Gasteiger partial charge in [-0.15, -0.1) is 11.3 Å². The second kappa shape index (κ2) is 5.69. The van der Waals surface area contributed by atoms with Crippen molar-refractivity contribution in [3.63, 3.8) is 0 Å². The van der Waals surface area contributed by atoms with Gasteiger partial charge < -0.3 is 5.11 Å². The molecule has 1 heterocycles. The number of carboxylic acid groups (broad SMARTS) is 1. The zero-order valence-corrected chi connectivity index (χ0v) is 12.2. The van der Waals surface area contributed by atoms with E-state index in [4.69, 9.17) is 11.6 Å². The van der Waals surface area contributed by atoms with E-state index in [0.29, 0.717) is 9.21 Å². The Morgan fingerprint density at radius 2 is 1.89 bits per heavy atom. The molecular weight excluding hydrogens is 336 g/mol. The first-order valence-electron chi connectivity index (χ1n) is 5.02. The third-order valence-corrected chi connectivity index (χ3v) is 4.04. The zero-order valence-electron chi connectivity index (χ0n) is 9.06. The fraction of sp³-hybridized carbons (Fsp3) is 0.